The fraction of sp³-hybridized carbons (Fsp3) is 0.0217. The normalized spacial score (nSPS) is 11.9. The van der Waals surface area contributed by atoms with Crippen molar-refractivity contribution in [2.45, 2.75) is 6.92 Å². The Hall–Kier alpha value is -7.05. The van der Waals surface area contributed by atoms with Gasteiger partial charge in [0.1, 0.15) is 11.2 Å². The van der Waals surface area contributed by atoms with Gasteiger partial charge in [0.05, 0.1) is 16.6 Å². The number of aromatic nitrogens is 5. The smallest absolute Gasteiger partial charge is 0.238 e. The Morgan fingerprint density at radius 2 is 1.19 bits per heavy atom. The van der Waals surface area contributed by atoms with Crippen LogP contribution in [0.1, 0.15) is 11.3 Å². The second kappa shape index (κ2) is 11.8. The standard InChI is InChI=1S/C46H31N5O/c1-3-4-19-33-29(2)50(39-22-13-11-20-34(33)39)32-24-25-35-37-27-38-36-21-12-14-23-42(36)52-43(38)28-41(37)51(40(35)26-32)46-48-44(30-15-7-5-8-16-30)47-45(49-46)31-17-9-6-10-18-31/h3-28H,1H2,2H3/b19-4-. The Kier molecular flexibility index (Phi) is 6.76. The summed E-state index contributed by atoms with van der Waals surface area (Å²) in [6.07, 6.45) is 5.95. The van der Waals surface area contributed by atoms with Crippen molar-refractivity contribution < 1.29 is 4.42 Å². The molecule has 6 nitrogen and oxygen atoms in total. The number of fused-ring (bicyclic) bond motifs is 7. The third-order valence-corrected chi connectivity index (χ3v) is 9.95. The highest BCUT2D eigenvalue weighted by Crippen LogP contribution is 2.40. The van der Waals surface area contributed by atoms with Crippen molar-refractivity contribution in [1.29, 1.82) is 0 Å². The van der Waals surface area contributed by atoms with Crippen LogP contribution in [0.2, 0.25) is 0 Å². The van der Waals surface area contributed by atoms with Gasteiger partial charge in [-0.15, -0.1) is 0 Å². The van der Waals surface area contributed by atoms with E-state index < -0.39 is 0 Å². The minimum atomic E-state index is 0.531. The fourth-order valence-electron chi connectivity index (χ4n) is 7.58. The molecule has 0 N–H and O–H groups in total. The number of hydrogen-bond donors (Lipinski definition) is 0. The minimum Gasteiger partial charge on any atom is -0.456 e. The first-order valence-electron chi connectivity index (χ1n) is 17.3. The first-order valence-corrected chi connectivity index (χ1v) is 17.3. The third kappa shape index (κ3) is 4.62. The molecule has 52 heavy (non-hydrogen) atoms. The molecule has 0 saturated heterocycles. The predicted molar refractivity (Wildman–Crippen MR) is 213 cm³/mol. The summed E-state index contributed by atoms with van der Waals surface area (Å²) in [5.74, 6) is 1.74. The lowest BCUT2D eigenvalue weighted by Gasteiger charge is -2.12. The molecule has 0 spiro atoms. The number of furan rings is 1. The second-order valence-electron chi connectivity index (χ2n) is 13.0. The molecule has 4 heterocycles. The summed E-state index contributed by atoms with van der Waals surface area (Å²) in [6.45, 7) is 6.08. The van der Waals surface area contributed by atoms with Gasteiger partial charge in [-0.3, -0.25) is 4.57 Å². The molecule has 0 atom stereocenters. The summed E-state index contributed by atoms with van der Waals surface area (Å²) in [4.78, 5) is 15.4. The number of nitrogens with zero attached hydrogens (tertiary/aromatic N) is 5. The van der Waals surface area contributed by atoms with Gasteiger partial charge in [-0.1, -0.05) is 128 Å². The minimum absolute atomic E-state index is 0.531. The second-order valence-corrected chi connectivity index (χ2v) is 13.0. The van der Waals surface area contributed by atoms with Crippen LogP contribution in [-0.4, -0.2) is 24.1 Å². The third-order valence-electron chi connectivity index (χ3n) is 9.95. The Bertz CT molecular complexity index is 2980. The molecule has 246 valence electrons. The summed E-state index contributed by atoms with van der Waals surface area (Å²) in [5.41, 5.74) is 9.91. The lowest BCUT2D eigenvalue weighted by Crippen LogP contribution is -2.06. The van der Waals surface area contributed by atoms with E-state index in [9.17, 15) is 0 Å². The molecule has 6 heteroatoms. The maximum absolute atomic E-state index is 6.44. The molecule has 0 unspecified atom stereocenters. The monoisotopic (exact) mass is 669 g/mol. The van der Waals surface area contributed by atoms with Crippen LogP contribution in [0, 0.1) is 6.92 Å². The van der Waals surface area contributed by atoms with Gasteiger partial charge in [-0.2, -0.15) is 9.97 Å². The van der Waals surface area contributed by atoms with E-state index in [1.165, 1.54) is 10.9 Å². The molecule has 0 aliphatic heterocycles. The van der Waals surface area contributed by atoms with Crippen LogP contribution >= 0.6 is 0 Å². The Morgan fingerprint density at radius 1 is 0.538 bits per heavy atom. The molecule has 4 aromatic heterocycles. The number of rotatable bonds is 6. The van der Waals surface area contributed by atoms with Gasteiger partial charge >= 0.3 is 0 Å². The molecule has 0 aliphatic rings. The zero-order chi connectivity index (χ0) is 34.8. The molecule has 0 saturated carbocycles. The van der Waals surface area contributed by atoms with Gasteiger partial charge in [0.2, 0.25) is 5.95 Å². The van der Waals surface area contributed by atoms with E-state index in [1.807, 2.05) is 84.9 Å². The Morgan fingerprint density at radius 3 is 1.92 bits per heavy atom. The maximum atomic E-state index is 6.44. The maximum Gasteiger partial charge on any atom is 0.238 e. The summed E-state index contributed by atoms with van der Waals surface area (Å²) >= 11 is 0. The molecule has 6 aromatic carbocycles. The molecule has 0 aliphatic carbocycles. The Balaban J connectivity index is 1.31. The molecular weight excluding hydrogens is 639 g/mol. The van der Waals surface area contributed by atoms with Gasteiger partial charge in [0.15, 0.2) is 11.6 Å². The van der Waals surface area contributed by atoms with Crippen molar-refractivity contribution in [3.63, 3.8) is 0 Å². The van der Waals surface area contributed by atoms with Gasteiger partial charge < -0.3 is 8.98 Å². The highest BCUT2D eigenvalue weighted by Gasteiger charge is 2.22. The van der Waals surface area contributed by atoms with Crippen LogP contribution in [-0.2, 0) is 0 Å². The topological polar surface area (TPSA) is 61.7 Å². The van der Waals surface area contributed by atoms with Crippen LogP contribution in [0.5, 0.6) is 0 Å². The number of para-hydroxylation sites is 2. The van der Waals surface area contributed by atoms with Crippen molar-refractivity contribution in [3.8, 4) is 34.4 Å². The van der Waals surface area contributed by atoms with Gasteiger partial charge in [0.25, 0.3) is 0 Å². The largest absolute Gasteiger partial charge is 0.456 e. The first kappa shape index (κ1) is 29.8. The average molecular weight is 670 g/mol. The van der Waals surface area contributed by atoms with Crippen LogP contribution in [0.15, 0.2) is 163 Å². The van der Waals surface area contributed by atoms with E-state index in [2.05, 4.69) is 95.4 Å². The molecule has 0 amide bonds. The van der Waals surface area contributed by atoms with E-state index in [1.54, 1.807) is 0 Å². The molecule has 0 bridgehead atoms. The molecule has 10 aromatic rings. The Labute approximate surface area is 299 Å². The summed E-state index contributed by atoms with van der Waals surface area (Å²) in [5, 5.41) is 5.53. The van der Waals surface area contributed by atoms with Gasteiger partial charge in [0, 0.05) is 61.1 Å². The number of allylic oxidation sites excluding steroid dienone is 2. The van der Waals surface area contributed by atoms with E-state index in [0.29, 0.717) is 17.6 Å². The zero-order valence-corrected chi connectivity index (χ0v) is 28.4. The summed E-state index contributed by atoms with van der Waals surface area (Å²) < 4.78 is 10.9. The summed E-state index contributed by atoms with van der Waals surface area (Å²) in [7, 11) is 0. The van der Waals surface area contributed by atoms with Gasteiger partial charge in [-0.25, -0.2) is 4.98 Å². The van der Waals surface area contributed by atoms with Crippen LogP contribution in [0.4, 0.5) is 0 Å². The molecule has 10 rings (SSSR count). The van der Waals surface area contributed by atoms with E-state index >= 15 is 0 Å². The average Bonchev–Trinajstić information content (AvgIpc) is 3.82. The SMILES string of the molecule is C=C/C=C\c1c(C)n(-c2ccc3c4cc5c(cc4n(-c4nc(-c6ccccc6)nc(-c6ccccc6)n4)c3c2)oc2ccccc25)c2ccccc12. The van der Waals surface area contributed by atoms with Crippen molar-refractivity contribution in [2.24, 2.45) is 0 Å². The fourth-order valence-corrected chi connectivity index (χ4v) is 7.58. The quantitative estimate of drug-likeness (QED) is 0.165. The highest BCUT2D eigenvalue weighted by atomic mass is 16.3. The van der Waals surface area contributed by atoms with Crippen molar-refractivity contribution in [2.75, 3.05) is 0 Å². The molecular formula is C46H31N5O. The highest BCUT2D eigenvalue weighted by molar-refractivity contribution is 6.17. The van der Waals surface area contributed by atoms with Crippen LogP contribution in [0.25, 0.3) is 95.1 Å². The van der Waals surface area contributed by atoms with Crippen molar-refractivity contribution in [3.05, 3.63) is 170 Å². The summed E-state index contributed by atoms with van der Waals surface area (Å²) in [6, 6.07) is 48.0. The number of hydrogen-bond acceptors (Lipinski definition) is 4. The van der Waals surface area contributed by atoms with E-state index in [4.69, 9.17) is 19.4 Å². The van der Waals surface area contributed by atoms with Crippen LogP contribution < -0.4 is 0 Å². The van der Waals surface area contributed by atoms with Crippen molar-refractivity contribution >= 4 is 60.7 Å². The first-order chi connectivity index (χ1) is 25.7. The van der Waals surface area contributed by atoms with E-state index in [-0.39, 0.29) is 0 Å². The predicted octanol–water partition coefficient (Wildman–Crippen LogP) is 11.7. The van der Waals surface area contributed by atoms with Crippen LogP contribution in [0.3, 0.4) is 0 Å². The van der Waals surface area contributed by atoms with Crippen molar-refractivity contribution in [1.82, 2.24) is 24.1 Å². The van der Waals surface area contributed by atoms with Gasteiger partial charge in [-0.05, 0) is 37.3 Å². The van der Waals surface area contributed by atoms with E-state index in [0.717, 1.165) is 71.8 Å². The lowest BCUT2D eigenvalue weighted by molar-refractivity contribution is 0.669. The zero-order valence-electron chi connectivity index (χ0n) is 28.4. The molecule has 0 fully saturated rings. The molecule has 0 radical (unpaired) electrons. The lowest BCUT2D eigenvalue weighted by atomic mass is 10.1. The number of benzene rings is 6.